The molecule has 3 heteroatoms. The molecule has 0 saturated heterocycles. The van der Waals surface area contributed by atoms with Gasteiger partial charge in [-0.3, -0.25) is 0 Å². The third-order valence-electron chi connectivity index (χ3n) is 12.8. The quantitative estimate of drug-likeness (QED) is 0.375. The van der Waals surface area contributed by atoms with E-state index in [1.54, 1.807) is 0 Å². The van der Waals surface area contributed by atoms with Gasteiger partial charge in [-0.15, -0.1) is 0 Å². The Balaban J connectivity index is 1.25. The molecule has 5 fully saturated rings. The molecule has 1 spiro atoms. The van der Waals surface area contributed by atoms with Crippen LogP contribution < -0.4 is 5.32 Å². The van der Waals surface area contributed by atoms with Crippen molar-refractivity contribution in [1.82, 2.24) is 10.2 Å². The van der Waals surface area contributed by atoms with E-state index in [-0.39, 0.29) is 6.10 Å². The maximum absolute atomic E-state index is 11.7. The highest BCUT2D eigenvalue weighted by Crippen LogP contribution is 2.55. The van der Waals surface area contributed by atoms with Crippen molar-refractivity contribution < 1.29 is 5.11 Å². The summed E-state index contributed by atoms with van der Waals surface area (Å²) in [6, 6.07) is 0. The Labute approximate surface area is 228 Å². The van der Waals surface area contributed by atoms with E-state index in [2.05, 4.69) is 16.4 Å². The summed E-state index contributed by atoms with van der Waals surface area (Å²) < 4.78 is 0. The minimum Gasteiger partial charge on any atom is -0.387 e. The van der Waals surface area contributed by atoms with Crippen molar-refractivity contribution in [2.75, 3.05) is 6.67 Å². The van der Waals surface area contributed by atoms with Crippen LogP contribution in [0, 0.1) is 29.1 Å². The first-order valence-electron chi connectivity index (χ1n) is 17.1. The Bertz CT molecular complexity index is 696. The molecule has 6 rings (SSSR count). The van der Waals surface area contributed by atoms with E-state index in [1.807, 2.05) is 0 Å². The monoisotopic (exact) mass is 510 g/mol. The molecule has 3 nitrogen and oxygen atoms in total. The summed E-state index contributed by atoms with van der Waals surface area (Å²) in [5.41, 5.74) is 2.14. The van der Waals surface area contributed by atoms with Gasteiger partial charge in [0.25, 0.3) is 0 Å². The molecular formula is C34H58N2O. The molecule has 6 aliphatic rings. The average molecular weight is 511 g/mol. The summed E-state index contributed by atoms with van der Waals surface area (Å²) >= 11 is 0. The molecule has 2 N–H and O–H groups in total. The summed E-state index contributed by atoms with van der Waals surface area (Å²) in [5, 5.41) is 15.6. The smallest absolute Gasteiger partial charge is 0.0977 e. The van der Waals surface area contributed by atoms with Gasteiger partial charge in [0.05, 0.1) is 18.5 Å². The SMILES string of the molecule is OC(C1=CN(C(C2CCCCC2)(C2CCCCC2)C2CCCCC2)CN1)C1CCC2(CCCCC2)CC1. The van der Waals surface area contributed by atoms with Gasteiger partial charge in [-0.2, -0.15) is 0 Å². The zero-order valence-electron chi connectivity index (χ0n) is 24.0. The second kappa shape index (κ2) is 11.8. The molecule has 210 valence electrons. The van der Waals surface area contributed by atoms with Crippen molar-refractivity contribution in [3.63, 3.8) is 0 Å². The van der Waals surface area contributed by atoms with E-state index in [1.165, 1.54) is 160 Å². The lowest BCUT2D eigenvalue weighted by molar-refractivity contribution is -0.0713. The average Bonchev–Trinajstić information content (AvgIpc) is 3.46. The maximum Gasteiger partial charge on any atom is 0.0977 e. The lowest BCUT2D eigenvalue weighted by Crippen LogP contribution is -2.62. The minimum absolute atomic E-state index is 0.285. The van der Waals surface area contributed by atoms with Crippen LogP contribution >= 0.6 is 0 Å². The summed E-state index contributed by atoms with van der Waals surface area (Å²) in [5.74, 6) is 3.01. The Hall–Kier alpha value is -0.700. The van der Waals surface area contributed by atoms with Crippen LogP contribution in [0.1, 0.15) is 154 Å². The first kappa shape index (κ1) is 26.5. The predicted molar refractivity (Wildman–Crippen MR) is 154 cm³/mol. The topological polar surface area (TPSA) is 35.5 Å². The van der Waals surface area contributed by atoms with Gasteiger partial charge in [0, 0.05) is 11.7 Å². The third-order valence-corrected chi connectivity index (χ3v) is 12.8. The molecule has 1 aliphatic heterocycles. The van der Waals surface area contributed by atoms with Gasteiger partial charge in [0.2, 0.25) is 0 Å². The molecule has 0 amide bonds. The van der Waals surface area contributed by atoms with Gasteiger partial charge in [-0.1, -0.05) is 77.0 Å². The van der Waals surface area contributed by atoms with Crippen LogP contribution in [0.2, 0.25) is 0 Å². The Morgan fingerprint density at radius 1 is 0.649 bits per heavy atom. The Morgan fingerprint density at radius 2 is 1.11 bits per heavy atom. The summed E-state index contributed by atoms with van der Waals surface area (Å²) in [7, 11) is 0. The fourth-order valence-corrected chi connectivity index (χ4v) is 10.9. The van der Waals surface area contributed by atoms with Crippen molar-refractivity contribution >= 4 is 0 Å². The number of nitrogens with zero attached hydrogens (tertiary/aromatic N) is 1. The first-order valence-corrected chi connectivity index (χ1v) is 17.1. The van der Waals surface area contributed by atoms with Crippen LogP contribution in [0.25, 0.3) is 0 Å². The van der Waals surface area contributed by atoms with Gasteiger partial charge in [0.1, 0.15) is 0 Å². The number of rotatable bonds is 6. The minimum atomic E-state index is -0.285. The summed E-state index contributed by atoms with van der Waals surface area (Å²) in [6.45, 7) is 0.951. The molecule has 37 heavy (non-hydrogen) atoms. The molecule has 0 aromatic carbocycles. The van der Waals surface area contributed by atoms with Gasteiger partial charge in [0.15, 0.2) is 0 Å². The second-order valence-electron chi connectivity index (χ2n) is 14.6. The molecule has 0 aromatic rings. The first-order chi connectivity index (χ1) is 18.2. The standard InChI is InChI=1S/C34H58N2O/c37-32(27-19-23-33(24-20-27)21-11-4-12-22-33)31-25-36(26-35-31)34(28-13-5-1-6-14-28,29-15-7-2-8-16-29)30-17-9-3-10-18-30/h25,27-30,32,35,37H,1-24,26H2. The zero-order chi connectivity index (χ0) is 25.1. The summed E-state index contributed by atoms with van der Waals surface area (Å²) in [6.07, 6.45) is 36.3. The van der Waals surface area contributed by atoms with Crippen molar-refractivity contribution in [3.05, 3.63) is 11.9 Å². The number of nitrogens with one attached hydrogen (secondary N) is 1. The number of hydrogen-bond acceptors (Lipinski definition) is 3. The number of hydrogen-bond donors (Lipinski definition) is 2. The van der Waals surface area contributed by atoms with Gasteiger partial charge >= 0.3 is 0 Å². The fraction of sp³-hybridized carbons (Fsp3) is 0.941. The van der Waals surface area contributed by atoms with Crippen LogP contribution in [0.4, 0.5) is 0 Å². The summed E-state index contributed by atoms with van der Waals surface area (Å²) in [4.78, 5) is 2.86. The van der Waals surface area contributed by atoms with E-state index in [0.29, 0.717) is 16.9 Å². The van der Waals surface area contributed by atoms with Crippen molar-refractivity contribution in [2.45, 2.75) is 166 Å². The Morgan fingerprint density at radius 3 is 1.59 bits per heavy atom. The third kappa shape index (κ3) is 5.26. The molecular weight excluding hydrogens is 452 g/mol. The Kier molecular flexibility index (Phi) is 8.46. The fourth-order valence-electron chi connectivity index (χ4n) is 10.9. The molecule has 0 radical (unpaired) electrons. The van der Waals surface area contributed by atoms with E-state index >= 15 is 0 Å². The normalized spacial score (nSPS) is 30.3. The zero-order valence-corrected chi connectivity index (χ0v) is 24.0. The highest BCUT2D eigenvalue weighted by molar-refractivity contribution is 5.19. The molecule has 0 bridgehead atoms. The second-order valence-corrected chi connectivity index (χ2v) is 14.6. The van der Waals surface area contributed by atoms with Crippen LogP contribution in [0.15, 0.2) is 11.9 Å². The van der Waals surface area contributed by atoms with Crippen LogP contribution in [0.5, 0.6) is 0 Å². The number of aliphatic hydroxyl groups excluding tert-OH is 1. The predicted octanol–water partition coefficient (Wildman–Crippen LogP) is 8.67. The van der Waals surface area contributed by atoms with Crippen LogP contribution in [-0.2, 0) is 0 Å². The van der Waals surface area contributed by atoms with E-state index in [0.717, 1.165) is 24.4 Å². The van der Waals surface area contributed by atoms with Crippen molar-refractivity contribution in [3.8, 4) is 0 Å². The van der Waals surface area contributed by atoms with Gasteiger partial charge in [-0.05, 0) is 106 Å². The highest BCUT2D eigenvalue weighted by atomic mass is 16.3. The molecule has 1 atom stereocenters. The molecule has 5 saturated carbocycles. The van der Waals surface area contributed by atoms with E-state index in [9.17, 15) is 5.11 Å². The lowest BCUT2D eigenvalue weighted by atomic mass is 9.55. The van der Waals surface area contributed by atoms with E-state index < -0.39 is 0 Å². The van der Waals surface area contributed by atoms with Crippen LogP contribution in [0.3, 0.4) is 0 Å². The highest BCUT2D eigenvalue weighted by Gasteiger charge is 2.54. The van der Waals surface area contributed by atoms with Crippen LogP contribution in [-0.4, -0.2) is 28.3 Å². The molecule has 0 aromatic heterocycles. The molecule has 1 unspecified atom stereocenters. The molecule has 1 heterocycles. The van der Waals surface area contributed by atoms with E-state index in [4.69, 9.17) is 0 Å². The largest absolute Gasteiger partial charge is 0.387 e. The van der Waals surface area contributed by atoms with Crippen molar-refractivity contribution in [2.24, 2.45) is 29.1 Å². The maximum atomic E-state index is 11.7. The molecule has 5 aliphatic carbocycles. The lowest BCUT2D eigenvalue weighted by Gasteiger charge is -2.59. The van der Waals surface area contributed by atoms with Gasteiger partial charge < -0.3 is 15.3 Å². The number of aliphatic hydroxyl groups is 1. The van der Waals surface area contributed by atoms with Crippen molar-refractivity contribution in [1.29, 1.82) is 0 Å². The van der Waals surface area contributed by atoms with Gasteiger partial charge in [-0.25, -0.2) is 0 Å².